The number of likely N-dealkylation sites (N-methyl/N-ethyl adjacent to an activating group) is 1. The van der Waals surface area contributed by atoms with Crippen molar-refractivity contribution in [2.45, 2.75) is 44.2 Å². The molecule has 1 aromatic carbocycles. The number of aryl methyl sites for hydroxylation is 1. The quantitative estimate of drug-likeness (QED) is 0.706. The SMILES string of the molecule is Cc1ccc(C2C3=C(OC4CC(C)C(Cl)CC4C3=O)C(=O)N2CCN(C)C)cc1. The molecule has 3 aliphatic rings. The highest BCUT2D eigenvalue weighted by Crippen LogP contribution is 2.48. The Balaban J connectivity index is 1.74. The largest absolute Gasteiger partial charge is 0.483 e. The van der Waals surface area contributed by atoms with Crippen LogP contribution in [0.1, 0.15) is 36.9 Å². The molecule has 5 unspecified atom stereocenters. The predicted molar refractivity (Wildman–Crippen MR) is 113 cm³/mol. The van der Waals surface area contributed by atoms with E-state index in [0.717, 1.165) is 17.7 Å². The number of alkyl halides is 1. The van der Waals surface area contributed by atoms with Crippen LogP contribution in [-0.4, -0.2) is 60.2 Å². The van der Waals surface area contributed by atoms with Crippen molar-refractivity contribution in [1.29, 1.82) is 0 Å². The van der Waals surface area contributed by atoms with Crippen molar-refractivity contribution < 1.29 is 14.3 Å². The molecule has 5 nitrogen and oxygen atoms in total. The molecular formula is C23H29ClN2O3. The Morgan fingerprint density at radius 3 is 2.52 bits per heavy atom. The van der Waals surface area contributed by atoms with Gasteiger partial charge in [0.1, 0.15) is 6.10 Å². The van der Waals surface area contributed by atoms with E-state index in [4.69, 9.17) is 16.3 Å². The van der Waals surface area contributed by atoms with Gasteiger partial charge in [-0.2, -0.15) is 0 Å². The van der Waals surface area contributed by atoms with Crippen molar-refractivity contribution in [2.75, 3.05) is 27.2 Å². The van der Waals surface area contributed by atoms with Crippen molar-refractivity contribution in [3.05, 3.63) is 46.7 Å². The third-order valence-electron chi connectivity index (χ3n) is 6.49. The summed E-state index contributed by atoms with van der Waals surface area (Å²) in [6.07, 6.45) is 1.07. The minimum atomic E-state index is -0.389. The van der Waals surface area contributed by atoms with Crippen molar-refractivity contribution in [3.8, 4) is 0 Å². The molecule has 0 bridgehead atoms. The summed E-state index contributed by atoms with van der Waals surface area (Å²) in [5.74, 6) is 0.143. The zero-order valence-electron chi connectivity index (χ0n) is 17.5. The van der Waals surface area contributed by atoms with E-state index in [-0.39, 0.29) is 46.8 Å². The first kappa shape index (κ1) is 20.4. The molecule has 29 heavy (non-hydrogen) atoms. The summed E-state index contributed by atoms with van der Waals surface area (Å²) in [7, 11) is 3.96. The van der Waals surface area contributed by atoms with Crippen LogP contribution in [0.15, 0.2) is 35.6 Å². The summed E-state index contributed by atoms with van der Waals surface area (Å²) in [4.78, 5) is 30.7. The number of rotatable bonds is 4. The Bertz CT molecular complexity index is 848. The van der Waals surface area contributed by atoms with Gasteiger partial charge < -0.3 is 14.5 Å². The lowest BCUT2D eigenvalue weighted by Crippen LogP contribution is -2.44. The molecule has 0 radical (unpaired) electrons. The third kappa shape index (κ3) is 3.59. The molecule has 2 heterocycles. The fraction of sp³-hybridized carbons (Fsp3) is 0.565. The summed E-state index contributed by atoms with van der Waals surface area (Å²) in [5.41, 5.74) is 2.62. The monoisotopic (exact) mass is 416 g/mol. The first-order chi connectivity index (χ1) is 13.8. The van der Waals surface area contributed by atoms with Crippen LogP contribution in [0.25, 0.3) is 0 Å². The predicted octanol–water partition coefficient (Wildman–Crippen LogP) is 3.32. The Kier molecular flexibility index (Phi) is 5.47. The number of Topliss-reactive ketones (excluding diaryl/α,β-unsaturated/α-hetero) is 1. The van der Waals surface area contributed by atoms with Crippen LogP contribution in [0, 0.1) is 18.8 Å². The molecule has 2 aliphatic heterocycles. The van der Waals surface area contributed by atoms with Gasteiger partial charge in [-0.25, -0.2) is 0 Å². The fourth-order valence-electron chi connectivity index (χ4n) is 4.70. The van der Waals surface area contributed by atoms with Gasteiger partial charge in [-0.1, -0.05) is 36.8 Å². The lowest BCUT2D eigenvalue weighted by Gasteiger charge is -2.40. The second-order valence-electron chi connectivity index (χ2n) is 8.95. The molecule has 1 amide bonds. The van der Waals surface area contributed by atoms with E-state index in [2.05, 4.69) is 6.92 Å². The van der Waals surface area contributed by atoms with E-state index in [1.807, 2.05) is 50.2 Å². The fourth-order valence-corrected chi connectivity index (χ4v) is 4.99. The van der Waals surface area contributed by atoms with Crippen LogP contribution in [0.2, 0.25) is 0 Å². The van der Waals surface area contributed by atoms with Gasteiger partial charge in [0.25, 0.3) is 5.91 Å². The number of hydrogen-bond donors (Lipinski definition) is 0. The molecule has 1 aliphatic carbocycles. The van der Waals surface area contributed by atoms with E-state index in [1.165, 1.54) is 0 Å². The second kappa shape index (κ2) is 7.77. The number of carbonyl (C=O) groups is 2. The average molecular weight is 417 g/mol. The summed E-state index contributed by atoms with van der Waals surface area (Å²) in [5, 5.41) is -0.0364. The maximum Gasteiger partial charge on any atom is 0.290 e. The molecule has 4 rings (SSSR count). The first-order valence-corrected chi connectivity index (χ1v) is 10.8. The molecule has 0 N–H and O–H groups in total. The Morgan fingerprint density at radius 1 is 1.17 bits per heavy atom. The van der Waals surface area contributed by atoms with Crippen LogP contribution >= 0.6 is 11.6 Å². The lowest BCUT2D eigenvalue weighted by molar-refractivity contribution is -0.136. The molecule has 1 aromatic rings. The molecule has 1 saturated carbocycles. The standard InChI is InChI=1S/C23H29ClN2O3/c1-13-5-7-15(8-6-13)20-19-21(27)16-12-17(24)14(2)11-18(16)29-22(19)23(28)26(20)10-9-25(3)4/h5-8,14,16-18,20H,9-12H2,1-4H3. The molecule has 0 aromatic heterocycles. The maximum atomic E-state index is 13.6. The van der Waals surface area contributed by atoms with Crippen LogP contribution in [0.5, 0.6) is 0 Å². The number of benzene rings is 1. The molecule has 6 heteroatoms. The van der Waals surface area contributed by atoms with E-state index in [1.54, 1.807) is 4.90 Å². The molecule has 0 saturated heterocycles. The van der Waals surface area contributed by atoms with Crippen molar-refractivity contribution >= 4 is 23.3 Å². The minimum absolute atomic E-state index is 0.0364. The highest BCUT2D eigenvalue weighted by Gasteiger charge is 2.53. The van der Waals surface area contributed by atoms with E-state index >= 15 is 0 Å². The van der Waals surface area contributed by atoms with E-state index in [9.17, 15) is 9.59 Å². The highest BCUT2D eigenvalue weighted by atomic mass is 35.5. The van der Waals surface area contributed by atoms with Gasteiger partial charge in [-0.05, 0) is 45.3 Å². The van der Waals surface area contributed by atoms with Gasteiger partial charge in [0.05, 0.1) is 17.5 Å². The molecule has 0 spiro atoms. The number of amides is 1. The Morgan fingerprint density at radius 2 is 1.86 bits per heavy atom. The van der Waals surface area contributed by atoms with Gasteiger partial charge >= 0.3 is 0 Å². The smallest absolute Gasteiger partial charge is 0.290 e. The van der Waals surface area contributed by atoms with Crippen molar-refractivity contribution in [3.63, 3.8) is 0 Å². The zero-order valence-corrected chi connectivity index (χ0v) is 18.3. The van der Waals surface area contributed by atoms with Crippen LogP contribution in [0.3, 0.4) is 0 Å². The summed E-state index contributed by atoms with van der Waals surface area (Å²) >= 11 is 6.50. The molecule has 5 atom stereocenters. The zero-order chi connectivity index (χ0) is 20.9. The number of nitrogens with zero attached hydrogens (tertiary/aromatic N) is 2. The number of ketones is 1. The molecular weight excluding hydrogens is 388 g/mol. The van der Waals surface area contributed by atoms with Gasteiger partial charge in [-0.3, -0.25) is 9.59 Å². The lowest BCUT2D eigenvalue weighted by atomic mass is 9.74. The normalized spacial score (nSPS) is 31.8. The number of fused-ring (bicyclic) bond motifs is 1. The number of carbonyl (C=O) groups excluding carboxylic acids is 2. The van der Waals surface area contributed by atoms with Crippen LogP contribution < -0.4 is 0 Å². The average Bonchev–Trinajstić information content (AvgIpc) is 2.95. The third-order valence-corrected chi connectivity index (χ3v) is 7.10. The molecule has 1 fully saturated rings. The van der Waals surface area contributed by atoms with Crippen molar-refractivity contribution in [1.82, 2.24) is 9.80 Å². The van der Waals surface area contributed by atoms with E-state index in [0.29, 0.717) is 25.0 Å². The Hall–Kier alpha value is -1.85. The first-order valence-electron chi connectivity index (χ1n) is 10.4. The second-order valence-corrected chi connectivity index (χ2v) is 9.51. The topological polar surface area (TPSA) is 49.9 Å². The summed E-state index contributed by atoms with van der Waals surface area (Å²) in [6.45, 7) is 5.37. The van der Waals surface area contributed by atoms with Crippen LogP contribution in [-0.2, 0) is 14.3 Å². The van der Waals surface area contributed by atoms with Gasteiger partial charge in [-0.15, -0.1) is 11.6 Å². The number of hydrogen-bond acceptors (Lipinski definition) is 4. The summed E-state index contributed by atoms with van der Waals surface area (Å²) in [6, 6.07) is 7.68. The van der Waals surface area contributed by atoms with E-state index < -0.39 is 0 Å². The van der Waals surface area contributed by atoms with Crippen LogP contribution in [0.4, 0.5) is 0 Å². The highest BCUT2D eigenvalue weighted by molar-refractivity contribution is 6.21. The maximum absolute atomic E-state index is 13.6. The van der Waals surface area contributed by atoms with Gasteiger partial charge in [0.15, 0.2) is 11.5 Å². The van der Waals surface area contributed by atoms with Gasteiger partial charge in [0.2, 0.25) is 0 Å². The number of halogens is 1. The molecule has 156 valence electrons. The van der Waals surface area contributed by atoms with Gasteiger partial charge in [0, 0.05) is 18.5 Å². The number of ether oxygens (including phenoxy) is 1. The minimum Gasteiger partial charge on any atom is -0.483 e. The Labute approximate surface area is 177 Å². The summed E-state index contributed by atoms with van der Waals surface area (Å²) < 4.78 is 6.22. The van der Waals surface area contributed by atoms with Crippen molar-refractivity contribution in [2.24, 2.45) is 11.8 Å².